The minimum Gasteiger partial charge on any atom is -0.481 e. The normalized spacial score (nSPS) is 10.5. The van der Waals surface area contributed by atoms with E-state index in [1.165, 1.54) is 19.1 Å². The first-order valence-corrected chi connectivity index (χ1v) is 13.4. The van der Waals surface area contributed by atoms with Crippen LogP contribution in [0.1, 0.15) is 58.1 Å². The van der Waals surface area contributed by atoms with Gasteiger partial charge < -0.3 is 35.6 Å². The fourth-order valence-electron chi connectivity index (χ4n) is 3.29. The van der Waals surface area contributed by atoms with Crippen LogP contribution in [0.25, 0.3) is 0 Å². The van der Waals surface area contributed by atoms with Crippen molar-refractivity contribution in [1.82, 2.24) is 25.2 Å². The minimum atomic E-state index is -0.621. The van der Waals surface area contributed by atoms with Crippen LogP contribution in [-0.2, 0) is 14.3 Å². The molecule has 0 aliphatic heterocycles. The van der Waals surface area contributed by atoms with Crippen molar-refractivity contribution in [3.63, 3.8) is 0 Å². The van der Waals surface area contributed by atoms with Gasteiger partial charge in [0.1, 0.15) is 23.8 Å². The fraction of sp³-hybridized carbons (Fsp3) is 0.500. The minimum absolute atomic E-state index is 0.0185. The van der Waals surface area contributed by atoms with Gasteiger partial charge >= 0.3 is 6.09 Å². The maximum atomic E-state index is 12.1. The van der Waals surface area contributed by atoms with Crippen molar-refractivity contribution in [3.05, 3.63) is 29.6 Å². The summed E-state index contributed by atoms with van der Waals surface area (Å²) in [5.41, 5.74) is 1.13. The van der Waals surface area contributed by atoms with Crippen LogP contribution in [0.4, 0.5) is 28.1 Å². The van der Waals surface area contributed by atoms with E-state index < -0.39 is 11.7 Å². The number of hydrogen-bond acceptors (Lipinski definition) is 11. The Labute approximate surface area is 241 Å². The summed E-state index contributed by atoms with van der Waals surface area (Å²) in [4.78, 5) is 38.7. The Morgan fingerprint density at radius 3 is 2.56 bits per heavy atom. The third-order valence-corrected chi connectivity index (χ3v) is 5.27. The Balaban J connectivity index is 1.97. The molecule has 0 radical (unpaired) electrons. The standard InChI is InChI=1S/C28H41N9O4/c1-8-13-32-24-19(12-10-9-11-14-31-22(38)18-37(6)27(39)41-28(2,3)4)16-34-26(36-24)35-20-15-21(23(29)40-7)25(30-5)33-17-20/h15-17,29H,8-9,11,13-14,18H2,1-7H3,(H,30,33)(H,31,38)(H2,32,34,35,36). The summed E-state index contributed by atoms with van der Waals surface area (Å²) in [6.45, 7) is 8.43. The Kier molecular flexibility index (Phi) is 12.6. The summed E-state index contributed by atoms with van der Waals surface area (Å²) >= 11 is 0. The van der Waals surface area contributed by atoms with Crippen molar-refractivity contribution < 1.29 is 19.1 Å². The Hall–Kier alpha value is -4.60. The Morgan fingerprint density at radius 2 is 1.90 bits per heavy atom. The molecule has 0 aromatic carbocycles. The van der Waals surface area contributed by atoms with Crippen molar-refractivity contribution in [2.45, 2.75) is 52.6 Å². The summed E-state index contributed by atoms with van der Waals surface area (Å²) in [5.74, 6) is 7.39. The average molecular weight is 568 g/mol. The second-order valence-electron chi connectivity index (χ2n) is 10.0. The topological polar surface area (TPSA) is 166 Å². The summed E-state index contributed by atoms with van der Waals surface area (Å²) < 4.78 is 10.3. The highest BCUT2D eigenvalue weighted by atomic mass is 16.6. The van der Waals surface area contributed by atoms with E-state index in [-0.39, 0.29) is 18.3 Å². The van der Waals surface area contributed by atoms with E-state index in [1.807, 2.05) is 0 Å². The van der Waals surface area contributed by atoms with Gasteiger partial charge in [-0.3, -0.25) is 10.2 Å². The van der Waals surface area contributed by atoms with Gasteiger partial charge in [-0.05, 0) is 39.7 Å². The van der Waals surface area contributed by atoms with E-state index in [4.69, 9.17) is 14.9 Å². The second-order valence-corrected chi connectivity index (χ2v) is 10.0. The number of methoxy groups -OCH3 is 1. The zero-order valence-electron chi connectivity index (χ0n) is 24.9. The molecule has 0 unspecified atom stereocenters. The highest BCUT2D eigenvalue weighted by Crippen LogP contribution is 2.21. The van der Waals surface area contributed by atoms with Crippen LogP contribution in [-0.4, -0.2) is 84.2 Å². The van der Waals surface area contributed by atoms with Gasteiger partial charge in [0, 0.05) is 33.6 Å². The summed E-state index contributed by atoms with van der Waals surface area (Å²) in [7, 11) is 4.67. The third-order valence-electron chi connectivity index (χ3n) is 5.27. The molecule has 13 nitrogen and oxygen atoms in total. The SMILES string of the molecule is CCCNc1nc(Nc2cnc(NC)c(C(=N)OC)c2)ncc1C#CCCCNC(=O)CN(C)C(=O)OC(C)(C)C. The van der Waals surface area contributed by atoms with E-state index in [0.29, 0.717) is 60.3 Å². The number of unbranched alkanes of at least 4 members (excludes halogenated alkanes) is 1. The highest BCUT2D eigenvalue weighted by molar-refractivity contribution is 5.97. The van der Waals surface area contributed by atoms with Crippen LogP contribution < -0.4 is 21.3 Å². The first-order chi connectivity index (χ1) is 19.5. The molecule has 0 aliphatic rings. The smallest absolute Gasteiger partial charge is 0.410 e. The summed E-state index contributed by atoms with van der Waals surface area (Å²) in [5, 5.41) is 20.1. The lowest BCUT2D eigenvalue weighted by Crippen LogP contribution is -2.41. The third kappa shape index (κ3) is 11.2. The van der Waals surface area contributed by atoms with E-state index in [9.17, 15) is 9.59 Å². The number of hydrogen-bond donors (Lipinski definition) is 5. The van der Waals surface area contributed by atoms with Crippen LogP contribution in [0.5, 0.6) is 0 Å². The molecule has 0 atom stereocenters. The van der Waals surface area contributed by atoms with Crippen LogP contribution in [0.3, 0.4) is 0 Å². The molecule has 0 bridgehead atoms. The van der Waals surface area contributed by atoms with Gasteiger partial charge in [0.2, 0.25) is 17.8 Å². The van der Waals surface area contributed by atoms with E-state index in [0.717, 1.165) is 6.42 Å². The molecule has 222 valence electrons. The molecule has 0 fully saturated rings. The molecule has 13 heteroatoms. The first-order valence-electron chi connectivity index (χ1n) is 13.4. The van der Waals surface area contributed by atoms with Crippen molar-refractivity contribution in [2.24, 2.45) is 0 Å². The lowest BCUT2D eigenvalue weighted by Gasteiger charge is -2.24. The highest BCUT2D eigenvalue weighted by Gasteiger charge is 2.21. The first kappa shape index (κ1) is 32.6. The second kappa shape index (κ2) is 15.9. The van der Waals surface area contributed by atoms with E-state index >= 15 is 0 Å². The largest absolute Gasteiger partial charge is 0.481 e. The van der Waals surface area contributed by atoms with Gasteiger partial charge in [-0.1, -0.05) is 18.8 Å². The van der Waals surface area contributed by atoms with Gasteiger partial charge in [-0.2, -0.15) is 4.98 Å². The average Bonchev–Trinajstić information content (AvgIpc) is 2.93. The van der Waals surface area contributed by atoms with Gasteiger partial charge in [0.15, 0.2) is 0 Å². The number of rotatable bonds is 12. The Bertz CT molecular complexity index is 1270. The van der Waals surface area contributed by atoms with Gasteiger partial charge in [-0.25, -0.2) is 14.8 Å². The zero-order chi connectivity index (χ0) is 30.4. The number of pyridine rings is 1. The number of nitrogens with zero attached hydrogens (tertiary/aromatic N) is 4. The molecule has 0 spiro atoms. The molecular formula is C28H41N9O4. The van der Waals surface area contributed by atoms with Crippen LogP contribution in [0.2, 0.25) is 0 Å². The zero-order valence-corrected chi connectivity index (χ0v) is 24.9. The van der Waals surface area contributed by atoms with Gasteiger partial charge in [-0.15, -0.1) is 0 Å². The predicted molar refractivity (Wildman–Crippen MR) is 160 cm³/mol. The quantitative estimate of drug-likeness (QED) is 0.111. The van der Waals surface area contributed by atoms with Crippen molar-refractivity contribution in [1.29, 1.82) is 5.41 Å². The number of amides is 2. The molecular weight excluding hydrogens is 526 g/mol. The van der Waals surface area contributed by atoms with Crippen LogP contribution >= 0.6 is 0 Å². The maximum Gasteiger partial charge on any atom is 0.410 e. The Morgan fingerprint density at radius 1 is 1.15 bits per heavy atom. The molecule has 2 amide bonds. The maximum absolute atomic E-state index is 12.1. The molecule has 2 aromatic heterocycles. The van der Waals surface area contributed by atoms with Crippen LogP contribution in [0, 0.1) is 17.3 Å². The molecule has 2 rings (SSSR count). The van der Waals surface area contributed by atoms with Crippen LogP contribution in [0.15, 0.2) is 18.5 Å². The van der Waals surface area contributed by atoms with Gasteiger partial charge in [0.25, 0.3) is 0 Å². The number of carbonyl (C=O) groups is 2. The number of carbonyl (C=O) groups excluding carboxylic acids is 2. The molecule has 2 aromatic rings. The van der Waals surface area contributed by atoms with Crippen molar-refractivity contribution in [3.8, 4) is 11.8 Å². The number of likely N-dealkylation sites (N-methyl/N-ethyl adjacent to an activating group) is 1. The molecule has 0 saturated carbocycles. The van der Waals surface area contributed by atoms with Crippen molar-refractivity contribution >= 4 is 41.2 Å². The summed E-state index contributed by atoms with van der Waals surface area (Å²) in [6, 6.07) is 1.73. The number of ether oxygens (including phenoxy) is 2. The molecule has 0 saturated heterocycles. The lowest BCUT2D eigenvalue weighted by atomic mass is 10.2. The van der Waals surface area contributed by atoms with E-state index in [1.54, 1.807) is 46.3 Å². The molecule has 5 N–H and O–H groups in total. The molecule has 0 aliphatic carbocycles. The predicted octanol–water partition coefficient (Wildman–Crippen LogP) is 3.57. The van der Waals surface area contributed by atoms with Gasteiger partial charge in [0.05, 0.1) is 36.3 Å². The monoisotopic (exact) mass is 567 g/mol. The number of anilines is 4. The molecule has 41 heavy (non-hydrogen) atoms. The fourth-order valence-corrected chi connectivity index (χ4v) is 3.29. The number of aromatic nitrogens is 3. The molecule has 2 heterocycles. The number of nitrogens with one attached hydrogen (secondary N) is 5. The van der Waals surface area contributed by atoms with Crippen molar-refractivity contribution in [2.75, 3.05) is 56.8 Å². The van der Waals surface area contributed by atoms with E-state index in [2.05, 4.69) is 55.0 Å². The lowest BCUT2D eigenvalue weighted by molar-refractivity contribution is -0.122. The summed E-state index contributed by atoms with van der Waals surface area (Å²) in [6.07, 6.45) is 4.80.